The van der Waals surface area contributed by atoms with Crippen LogP contribution in [0.2, 0.25) is 0 Å². The number of amides is 1. The van der Waals surface area contributed by atoms with Gasteiger partial charge in [-0.2, -0.15) is 0 Å². The number of hydrogen-bond donors (Lipinski definition) is 1. The number of phenolic OH excluding ortho intramolecular Hbond substituents is 1. The van der Waals surface area contributed by atoms with Gasteiger partial charge in [0.05, 0.1) is 12.7 Å². The van der Waals surface area contributed by atoms with Crippen LogP contribution < -0.4 is 4.74 Å². The second kappa shape index (κ2) is 6.10. The molecule has 1 N–H and O–H groups in total. The maximum absolute atomic E-state index is 12.3. The molecule has 0 saturated heterocycles. The first-order chi connectivity index (χ1) is 8.51. The molecule has 0 spiro atoms. The normalized spacial score (nSPS) is 10.2. The zero-order valence-corrected chi connectivity index (χ0v) is 11.0. The van der Waals surface area contributed by atoms with E-state index in [1.165, 1.54) is 13.2 Å². The van der Waals surface area contributed by atoms with Crippen molar-refractivity contribution in [2.45, 2.75) is 19.9 Å². The summed E-state index contributed by atoms with van der Waals surface area (Å²) in [4.78, 5) is 13.9. The topological polar surface area (TPSA) is 49.8 Å². The number of ether oxygens (including phenoxy) is 1. The molecule has 0 atom stereocenters. The van der Waals surface area contributed by atoms with E-state index < -0.39 is 0 Å². The Bertz CT molecular complexity index is 441. The Morgan fingerprint density at radius 3 is 2.67 bits per heavy atom. The van der Waals surface area contributed by atoms with E-state index in [1.807, 2.05) is 13.8 Å². The fraction of sp³-hybridized carbons (Fsp3) is 0.357. The average molecular weight is 249 g/mol. The van der Waals surface area contributed by atoms with Crippen LogP contribution in [0.3, 0.4) is 0 Å². The summed E-state index contributed by atoms with van der Waals surface area (Å²) in [5.41, 5.74) is 0.270. The zero-order chi connectivity index (χ0) is 13.7. The van der Waals surface area contributed by atoms with Crippen molar-refractivity contribution < 1.29 is 14.6 Å². The molecule has 4 nitrogen and oxygen atoms in total. The van der Waals surface area contributed by atoms with Gasteiger partial charge >= 0.3 is 0 Å². The first-order valence-corrected chi connectivity index (χ1v) is 5.80. The van der Waals surface area contributed by atoms with Crippen LogP contribution >= 0.6 is 0 Å². The minimum Gasteiger partial charge on any atom is -0.507 e. The fourth-order valence-electron chi connectivity index (χ4n) is 1.64. The molecular weight excluding hydrogens is 230 g/mol. The molecule has 0 aliphatic heterocycles. The minimum atomic E-state index is -0.218. The molecule has 0 aliphatic carbocycles. The molecule has 0 radical (unpaired) electrons. The molecule has 0 bridgehead atoms. The van der Waals surface area contributed by atoms with Crippen LogP contribution in [0.4, 0.5) is 0 Å². The van der Waals surface area contributed by atoms with Gasteiger partial charge in [0.1, 0.15) is 11.5 Å². The van der Waals surface area contributed by atoms with Crippen molar-refractivity contribution in [3.8, 4) is 11.5 Å². The van der Waals surface area contributed by atoms with E-state index in [9.17, 15) is 9.90 Å². The summed E-state index contributed by atoms with van der Waals surface area (Å²) in [6, 6.07) is 4.69. The van der Waals surface area contributed by atoms with E-state index >= 15 is 0 Å². The number of carbonyl (C=O) groups is 1. The van der Waals surface area contributed by atoms with Gasteiger partial charge in [-0.25, -0.2) is 0 Å². The monoisotopic (exact) mass is 249 g/mol. The number of rotatable bonds is 5. The third-order valence-corrected chi connectivity index (χ3v) is 2.65. The second-order valence-electron chi connectivity index (χ2n) is 4.22. The molecule has 0 saturated carbocycles. The largest absolute Gasteiger partial charge is 0.507 e. The Balaban J connectivity index is 3.05. The summed E-state index contributed by atoms with van der Waals surface area (Å²) in [5, 5.41) is 9.84. The molecule has 0 aromatic heterocycles. The van der Waals surface area contributed by atoms with Crippen molar-refractivity contribution in [3.05, 3.63) is 36.4 Å². The van der Waals surface area contributed by atoms with Crippen molar-refractivity contribution in [1.82, 2.24) is 4.90 Å². The molecule has 18 heavy (non-hydrogen) atoms. The van der Waals surface area contributed by atoms with Crippen LogP contribution in [-0.4, -0.2) is 35.6 Å². The van der Waals surface area contributed by atoms with E-state index in [0.717, 1.165) is 0 Å². The Kier molecular flexibility index (Phi) is 4.77. The third kappa shape index (κ3) is 3.03. The lowest BCUT2D eigenvalue weighted by molar-refractivity contribution is 0.0725. The van der Waals surface area contributed by atoms with Crippen molar-refractivity contribution in [2.75, 3.05) is 13.7 Å². The SMILES string of the molecule is C=CCN(C(=O)c1ccc(OC)cc1O)C(C)C. The van der Waals surface area contributed by atoms with Gasteiger partial charge in [-0.3, -0.25) is 4.79 Å². The van der Waals surface area contributed by atoms with Crippen LogP contribution in [-0.2, 0) is 0 Å². The molecule has 1 aromatic carbocycles. The zero-order valence-electron chi connectivity index (χ0n) is 11.0. The smallest absolute Gasteiger partial charge is 0.258 e. The summed E-state index contributed by atoms with van der Waals surface area (Å²) >= 11 is 0. The predicted molar refractivity (Wildman–Crippen MR) is 71.0 cm³/mol. The van der Waals surface area contributed by atoms with E-state index in [4.69, 9.17) is 4.74 Å². The molecule has 1 aromatic rings. The van der Waals surface area contributed by atoms with Gasteiger partial charge in [0.15, 0.2) is 0 Å². The molecule has 0 aliphatic rings. The van der Waals surface area contributed by atoms with Crippen LogP contribution in [0.5, 0.6) is 11.5 Å². The quantitative estimate of drug-likeness (QED) is 0.815. The first-order valence-electron chi connectivity index (χ1n) is 5.80. The summed E-state index contributed by atoms with van der Waals surface area (Å²) in [7, 11) is 1.51. The molecule has 4 heteroatoms. The molecular formula is C14H19NO3. The Labute approximate surface area is 107 Å². The summed E-state index contributed by atoms with van der Waals surface area (Å²) in [5.74, 6) is 0.225. The third-order valence-electron chi connectivity index (χ3n) is 2.65. The van der Waals surface area contributed by atoms with E-state index in [-0.39, 0.29) is 23.3 Å². The van der Waals surface area contributed by atoms with Crippen LogP contribution in [0, 0.1) is 0 Å². The summed E-state index contributed by atoms with van der Waals surface area (Å²) < 4.78 is 4.98. The average Bonchev–Trinajstić information content (AvgIpc) is 2.34. The lowest BCUT2D eigenvalue weighted by Crippen LogP contribution is -2.37. The molecule has 0 unspecified atom stereocenters. The number of benzene rings is 1. The van der Waals surface area contributed by atoms with E-state index in [2.05, 4.69) is 6.58 Å². The number of nitrogens with zero attached hydrogens (tertiary/aromatic N) is 1. The van der Waals surface area contributed by atoms with Gasteiger partial charge in [0, 0.05) is 18.7 Å². The maximum atomic E-state index is 12.3. The van der Waals surface area contributed by atoms with E-state index in [0.29, 0.717) is 12.3 Å². The lowest BCUT2D eigenvalue weighted by atomic mass is 10.1. The Morgan fingerprint density at radius 2 is 2.22 bits per heavy atom. The fourth-order valence-corrected chi connectivity index (χ4v) is 1.64. The van der Waals surface area contributed by atoms with Crippen molar-refractivity contribution in [2.24, 2.45) is 0 Å². The van der Waals surface area contributed by atoms with Gasteiger partial charge in [-0.1, -0.05) is 6.08 Å². The number of phenols is 1. The number of aromatic hydroxyl groups is 1. The molecule has 1 amide bonds. The van der Waals surface area contributed by atoms with Gasteiger partial charge < -0.3 is 14.7 Å². The first kappa shape index (κ1) is 14.1. The van der Waals surface area contributed by atoms with Gasteiger partial charge in [-0.15, -0.1) is 6.58 Å². The van der Waals surface area contributed by atoms with Crippen LogP contribution in [0.25, 0.3) is 0 Å². The molecule has 0 heterocycles. The number of carbonyl (C=O) groups excluding carboxylic acids is 1. The maximum Gasteiger partial charge on any atom is 0.258 e. The Morgan fingerprint density at radius 1 is 1.56 bits per heavy atom. The highest BCUT2D eigenvalue weighted by molar-refractivity contribution is 5.97. The van der Waals surface area contributed by atoms with Gasteiger partial charge in [-0.05, 0) is 26.0 Å². The highest BCUT2D eigenvalue weighted by Crippen LogP contribution is 2.25. The standard InChI is InChI=1S/C14H19NO3/c1-5-8-15(10(2)3)14(17)12-7-6-11(18-4)9-13(12)16/h5-7,9-10,16H,1,8H2,2-4H3. The summed E-state index contributed by atoms with van der Waals surface area (Å²) in [6.45, 7) is 7.92. The predicted octanol–water partition coefficient (Wildman–Crippen LogP) is 2.44. The summed E-state index contributed by atoms with van der Waals surface area (Å²) in [6.07, 6.45) is 1.67. The molecule has 1 rings (SSSR count). The van der Waals surface area contributed by atoms with Crippen molar-refractivity contribution in [1.29, 1.82) is 0 Å². The lowest BCUT2D eigenvalue weighted by Gasteiger charge is -2.25. The molecule has 0 fully saturated rings. The van der Waals surface area contributed by atoms with Crippen LogP contribution in [0.15, 0.2) is 30.9 Å². The highest BCUT2D eigenvalue weighted by atomic mass is 16.5. The van der Waals surface area contributed by atoms with Crippen LogP contribution in [0.1, 0.15) is 24.2 Å². The highest BCUT2D eigenvalue weighted by Gasteiger charge is 2.20. The second-order valence-corrected chi connectivity index (χ2v) is 4.22. The van der Waals surface area contributed by atoms with Gasteiger partial charge in [0.25, 0.3) is 5.91 Å². The van der Waals surface area contributed by atoms with Crippen molar-refractivity contribution >= 4 is 5.91 Å². The number of hydrogen-bond acceptors (Lipinski definition) is 3. The van der Waals surface area contributed by atoms with E-state index in [1.54, 1.807) is 23.1 Å². The Hall–Kier alpha value is -1.97. The van der Waals surface area contributed by atoms with Gasteiger partial charge in [0.2, 0.25) is 0 Å². The van der Waals surface area contributed by atoms with Crippen molar-refractivity contribution in [3.63, 3.8) is 0 Å². The number of methoxy groups -OCH3 is 1. The molecule has 98 valence electrons. The minimum absolute atomic E-state index is 0.0389.